The molecule has 184 valence electrons. The Hall–Kier alpha value is -2.48. The van der Waals surface area contributed by atoms with Crippen LogP contribution in [0.3, 0.4) is 0 Å². The molecule has 0 aromatic heterocycles. The molecule has 1 amide bonds. The number of hydrogen-bond donors (Lipinski definition) is 2. The molecule has 7 heteroatoms. The number of aliphatic hydroxyl groups is 1. The summed E-state index contributed by atoms with van der Waals surface area (Å²) in [5, 5.41) is 20.3. The van der Waals surface area contributed by atoms with E-state index in [2.05, 4.69) is 33.5 Å². The highest BCUT2D eigenvalue weighted by Gasteiger charge is 2.39. The third-order valence-corrected chi connectivity index (χ3v) is 8.41. The summed E-state index contributed by atoms with van der Waals surface area (Å²) in [6.07, 6.45) is 1.53. The lowest BCUT2D eigenvalue weighted by Crippen LogP contribution is -2.37. The van der Waals surface area contributed by atoms with E-state index in [0.717, 1.165) is 23.6 Å². The smallest absolute Gasteiger partial charge is 0.335 e. The zero-order valence-electron chi connectivity index (χ0n) is 21.1. The number of anilines is 1. The monoisotopic (exact) mass is 483 g/mol. The number of carbonyl (C=O) groups is 2. The molecule has 2 N–H and O–H groups in total. The highest BCUT2D eigenvalue weighted by atomic mass is 28.3. The van der Waals surface area contributed by atoms with Crippen molar-refractivity contribution < 1.29 is 24.5 Å². The van der Waals surface area contributed by atoms with E-state index in [9.17, 15) is 19.8 Å². The minimum Gasteiger partial charge on any atom is -0.478 e. The van der Waals surface area contributed by atoms with E-state index in [1.807, 2.05) is 25.1 Å². The van der Waals surface area contributed by atoms with Crippen molar-refractivity contribution in [2.75, 3.05) is 18.2 Å². The second-order valence-electron chi connectivity index (χ2n) is 11.4. The maximum absolute atomic E-state index is 13.5. The van der Waals surface area contributed by atoms with Gasteiger partial charge in [0, 0.05) is 25.9 Å². The third kappa shape index (κ3) is 5.95. The first kappa shape index (κ1) is 26.1. The molecule has 6 nitrogen and oxygen atoms in total. The Labute approximate surface area is 203 Å². The molecule has 34 heavy (non-hydrogen) atoms. The lowest BCUT2D eigenvalue weighted by Gasteiger charge is -2.41. The number of amides is 1. The minimum absolute atomic E-state index is 0.0640. The first-order valence-electron chi connectivity index (χ1n) is 11.8. The fourth-order valence-electron chi connectivity index (χ4n) is 4.26. The minimum atomic E-state index is -1.29. The summed E-state index contributed by atoms with van der Waals surface area (Å²) in [6.45, 7) is 13.6. The van der Waals surface area contributed by atoms with Gasteiger partial charge in [-0.25, -0.2) is 4.79 Å². The average Bonchev–Trinajstić information content (AvgIpc) is 2.76. The number of benzene rings is 2. The van der Waals surface area contributed by atoms with Gasteiger partial charge in [-0.2, -0.15) is 0 Å². The number of nitrogens with zero attached hydrogens (tertiary/aromatic N) is 1. The van der Waals surface area contributed by atoms with Crippen LogP contribution in [0.5, 0.6) is 0 Å². The van der Waals surface area contributed by atoms with Crippen molar-refractivity contribution in [2.45, 2.75) is 70.3 Å². The molecule has 0 aliphatic heterocycles. The molecule has 3 rings (SSSR count). The number of carbonyl (C=O) groups excluding carboxylic acids is 1. The molecule has 0 heterocycles. The summed E-state index contributed by atoms with van der Waals surface area (Å²) in [6, 6.07) is 12.7. The van der Waals surface area contributed by atoms with Gasteiger partial charge in [0.2, 0.25) is 0 Å². The van der Waals surface area contributed by atoms with Crippen molar-refractivity contribution >= 4 is 25.6 Å². The zero-order valence-corrected chi connectivity index (χ0v) is 22.1. The number of carboxylic acid groups (broad SMARTS) is 1. The van der Waals surface area contributed by atoms with Crippen molar-refractivity contribution in [1.29, 1.82) is 0 Å². The number of hydrogen-bond acceptors (Lipinski definition) is 4. The lowest BCUT2D eigenvalue weighted by atomic mass is 9.67. The Kier molecular flexibility index (Phi) is 7.41. The van der Waals surface area contributed by atoms with Gasteiger partial charge in [0.05, 0.1) is 11.2 Å². The zero-order chi connectivity index (χ0) is 25.3. The Morgan fingerprint density at radius 1 is 0.971 bits per heavy atom. The van der Waals surface area contributed by atoms with Gasteiger partial charge in [-0.1, -0.05) is 39.6 Å². The lowest BCUT2D eigenvalue weighted by molar-refractivity contribution is 0.0277. The molecular weight excluding hydrogens is 446 g/mol. The van der Waals surface area contributed by atoms with Gasteiger partial charge < -0.3 is 14.9 Å². The molecule has 0 fully saturated rings. The predicted octanol–water partition coefficient (Wildman–Crippen LogP) is 5.62. The third-order valence-electron chi connectivity index (χ3n) is 6.70. The molecule has 0 saturated heterocycles. The summed E-state index contributed by atoms with van der Waals surface area (Å²) in [7, 11) is -1.29. The number of aromatic carboxylic acids is 1. The second kappa shape index (κ2) is 9.64. The summed E-state index contributed by atoms with van der Waals surface area (Å²) in [5.74, 6) is -1.32. The van der Waals surface area contributed by atoms with Gasteiger partial charge in [0.25, 0.3) is 5.91 Å². The van der Waals surface area contributed by atoms with Gasteiger partial charge in [-0.15, -0.1) is 0 Å². The van der Waals surface area contributed by atoms with E-state index in [-0.39, 0.29) is 23.6 Å². The second-order valence-corrected chi connectivity index (χ2v) is 17.0. The summed E-state index contributed by atoms with van der Waals surface area (Å²) in [5.41, 5.74) is 2.04. The highest BCUT2D eigenvalue weighted by molar-refractivity contribution is 6.76. The molecule has 1 aliphatic rings. The van der Waals surface area contributed by atoms with Crippen LogP contribution >= 0.6 is 0 Å². The van der Waals surface area contributed by atoms with Crippen LogP contribution in [0.1, 0.15) is 65.5 Å². The summed E-state index contributed by atoms with van der Waals surface area (Å²) in [4.78, 5) is 26.3. The standard InChI is InChI=1S/C27H37NO5Si/c1-26(2)13-14-27(3,32)23-17-21(11-12-22(23)26)28(18-33-15-16-34(4,5)6)24(29)19-7-9-20(10-8-19)25(30)31/h7-12,17,32H,13-16,18H2,1-6H3,(H,30,31). The van der Waals surface area contributed by atoms with Crippen LogP contribution in [0.4, 0.5) is 5.69 Å². The fourth-order valence-corrected chi connectivity index (χ4v) is 5.01. The van der Waals surface area contributed by atoms with Crippen LogP contribution in [-0.4, -0.2) is 43.5 Å². The molecular formula is C27H37NO5Si. The molecule has 1 aliphatic carbocycles. The Bertz CT molecular complexity index is 1050. The summed E-state index contributed by atoms with van der Waals surface area (Å²) >= 11 is 0. The highest BCUT2D eigenvalue weighted by Crippen LogP contribution is 2.45. The van der Waals surface area contributed by atoms with E-state index in [1.165, 1.54) is 24.3 Å². The topological polar surface area (TPSA) is 87.1 Å². The van der Waals surface area contributed by atoms with Crippen molar-refractivity contribution in [3.8, 4) is 0 Å². The normalized spacial score (nSPS) is 19.4. The number of ether oxygens (including phenoxy) is 1. The predicted molar refractivity (Wildman–Crippen MR) is 137 cm³/mol. The van der Waals surface area contributed by atoms with Crippen LogP contribution in [0.2, 0.25) is 25.7 Å². The maximum Gasteiger partial charge on any atom is 0.335 e. The largest absolute Gasteiger partial charge is 0.478 e. The van der Waals surface area contributed by atoms with E-state index >= 15 is 0 Å². The van der Waals surface area contributed by atoms with Crippen molar-refractivity contribution in [3.05, 3.63) is 64.7 Å². The van der Waals surface area contributed by atoms with E-state index < -0.39 is 19.6 Å². The molecule has 0 spiro atoms. The van der Waals surface area contributed by atoms with Crippen LogP contribution in [0.25, 0.3) is 0 Å². The maximum atomic E-state index is 13.5. The van der Waals surface area contributed by atoms with Crippen molar-refractivity contribution in [2.24, 2.45) is 0 Å². The quantitative estimate of drug-likeness (QED) is 0.289. The van der Waals surface area contributed by atoms with Crippen LogP contribution in [0, 0.1) is 0 Å². The van der Waals surface area contributed by atoms with Gasteiger partial charge in [0.1, 0.15) is 6.73 Å². The van der Waals surface area contributed by atoms with Gasteiger partial charge in [0.15, 0.2) is 0 Å². The molecule has 1 unspecified atom stereocenters. The Morgan fingerprint density at radius 3 is 2.18 bits per heavy atom. The van der Waals surface area contributed by atoms with Gasteiger partial charge >= 0.3 is 5.97 Å². The van der Waals surface area contributed by atoms with Crippen molar-refractivity contribution in [1.82, 2.24) is 0 Å². The fraction of sp³-hybridized carbons (Fsp3) is 0.481. The molecule has 1 atom stereocenters. The first-order valence-corrected chi connectivity index (χ1v) is 15.5. The van der Waals surface area contributed by atoms with Crippen LogP contribution in [-0.2, 0) is 15.8 Å². The van der Waals surface area contributed by atoms with Gasteiger partial charge in [-0.3, -0.25) is 9.69 Å². The van der Waals surface area contributed by atoms with E-state index in [4.69, 9.17) is 4.74 Å². The molecule has 0 saturated carbocycles. The van der Waals surface area contributed by atoms with Crippen LogP contribution < -0.4 is 4.90 Å². The molecule has 0 radical (unpaired) electrons. The van der Waals surface area contributed by atoms with Gasteiger partial charge in [-0.05, 0) is 78.7 Å². The van der Waals surface area contributed by atoms with E-state index in [1.54, 1.807) is 4.90 Å². The average molecular weight is 484 g/mol. The number of carboxylic acids is 1. The Morgan fingerprint density at radius 2 is 1.59 bits per heavy atom. The molecule has 2 aromatic rings. The summed E-state index contributed by atoms with van der Waals surface area (Å²) < 4.78 is 5.95. The molecule has 2 aromatic carbocycles. The number of fused-ring (bicyclic) bond motifs is 1. The molecule has 0 bridgehead atoms. The number of rotatable bonds is 8. The van der Waals surface area contributed by atoms with E-state index in [0.29, 0.717) is 24.3 Å². The Balaban J connectivity index is 1.96. The first-order chi connectivity index (χ1) is 15.7. The van der Waals surface area contributed by atoms with Crippen LogP contribution in [0.15, 0.2) is 42.5 Å². The van der Waals surface area contributed by atoms with Crippen molar-refractivity contribution in [3.63, 3.8) is 0 Å². The SMILES string of the molecule is CC1(C)CCC(C)(O)c2cc(N(COCC[Si](C)(C)C)C(=O)c3ccc(C(=O)O)cc3)ccc21.